The Labute approximate surface area is 158 Å². The summed E-state index contributed by atoms with van der Waals surface area (Å²) in [4.78, 5) is 10.3. The molecule has 1 aromatic carbocycles. The molecule has 3 aromatic rings. The zero-order valence-corrected chi connectivity index (χ0v) is 15.1. The number of rotatable bonds is 4. The average Bonchev–Trinajstić information content (AvgIpc) is 3.18. The van der Waals surface area contributed by atoms with Gasteiger partial charge in [0.15, 0.2) is 5.15 Å². The van der Waals surface area contributed by atoms with E-state index in [1.807, 2.05) is 12.1 Å². The van der Waals surface area contributed by atoms with E-state index in [4.69, 9.17) is 11.6 Å². The molecule has 144 valence electrons. The Morgan fingerprint density at radius 1 is 1.26 bits per heavy atom. The molecule has 0 spiro atoms. The maximum atomic E-state index is 13.1. The number of aromatic nitrogens is 3. The lowest BCUT2D eigenvalue weighted by Crippen LogP contribution is -2.21. The molecule has 0 aliphatic carbocycles. The minimum atomic E-state index is -4.38. The molecule has 0 bridgehead atoms. The number of hydrogen-bond acceptors (Lipinski definition) is 4. The molecule has 9 heteroatoms. The lowest BCUT2D eigenvalue weighted by Gasteiger charge is -2.16. The highest BCUT2D eigenvalue weighted by molar-refractivity contribution is 6.34. The predicted molar refractivity (Wildman–Crippen MR) is 96.6 cm³/mol. The Bertz CT molecular complexity index is 988. The molecule has 1 aliphatic rings. The van der Waals surface area contributed by atoms with E-state index in [1.165, 1.54) is 6.33 Å². The highest BCUT2D eigenvalue weighted by atomic mass is 35.5. The summed E-state index contributed by atoms with van der Waals surface area (Å²) in [7, 11) is 0. The predicted octanol–water partition coefficient (Wildman–Crippen LogP) is 3.61. The summed E-state index contributed by atoms with van der Waals surface area (Å²) in [5, 5.41) is 9.92. The first kappa shape index (κ1) is 18.5. The Balaban J connectivity index is 1.77. The molecule has 1 aliphatic heterocycles. The van der Waals surface area contributed by atoms with Crippen LogP contribution in [0, 0.1) is 5.92 Å². The number of hydrogen-bond donors (Lipinski definition) is 1. The van der Waals surface area contributed by atoms with Gasteiger partial charge in [-0.1, -0.05) is 17.7 Å². The summed E-state index contributed by atoms with van der Waals surface area (Å²) >= 11 is 6.10. The van der Waals surface area contributed by atoms with Gasteiger partial charge in [0.2, 0.25) is 0 Å². The van der Waals surface area contributed by atoms with Crippen molar-refractivity contribution in [2.24, 2.45) is 5.92 Å². The number of aliphatic hydroxyl groups is 1. The number of halogens is 4. The second-order valence-electron chi connectivity index (χ2n) is 6.99. The van der Waals surface area contributed by atoms with E-state index < -0.39 is 12.7 Å². The molecular weight excluding hydrogens is 381 g/mol. The van der Waals surface area contributed by atoms with E-state index in [-0.39, 0.29) is 23.2 Å². The molecule has 1 fully saturated rings. The van der Waals surface area contributed by atoms with E-state index >= 15 is 0 Å². The Hall–Kier alpha value is -1.90. The number of alkyl halides is 3. The zero-order valence-electron chi connectivity index (χ0n) is 14.4. The van der Waals surface area contributed by atoms with Gasteiger partial charge in [0.1, 0.15) is 23.9 Å². The van der Waals surface area contributed by atoms with E-state index in [2.05, 4.69) is 14.9 Å². The monoisotopic (exact) mass is 398 g/mol. The summed E-state index contributed by atoms with van der Waals surface area (Å²) in [6.07, 6.45) is -2.17. The molecule has 1 atom stereocenters. The maximum absolute atomic E-state index is 13.1. The van der Waals surface area contributed by atoms with Crippen LogP contribution in [0.15, 0.2) is 24.5 Å². The third-order valence-corrected chi connectivity index (χ3v) is 5.30. The van der Waals surface area contributed by atoms with Crippen molar-refractivity contribution in [3.05, 3.63) is 35.2 Å². The first-order valence-electron chi connectivity index (χ1n) is 8.67. The van der Waals surface area contributed by atoms with Gasteiger partial charge in [-0.2, -0.15) is 13.2 Å². The van der Waals surface area contributed by atoms with Gasteiger partial charge < -0.3 is 9.67 Å². The van der Waals surface area contributed by atoms with Crippen molar-refractivity contribution in [1.82, 2.24) is 19.4 Å². The molecule has 3 heterocycles. The fourth-order valence-corrected chi connectivity index (χ4v) is 4.06. The van der Waals surface area contributed by atoms with Crippen molar-refractivity contribution in [1.29, 1.82) is 0 Å². The first-order valence-corrected chi connectivity index (χ1v) is 9.05. The van der Waals surface area contributed by atoms with Crippen LogP contribution in [0.1, 0.15) is 12.0 Å². The van der Waals surface area contributed by atoms with Crippen molar-refractivity contribution in [3.63, 3.8) is 0 Å². The number of aliphatic hydroxyl groups excluding tert-OH is 1. The summed E-state index contributed by atoms with van der Waals surface area (Å²) in [5.74, 6) is 0.286. The molecule has 0 amide bonds. The van der Waals surface area contributed by atoms with Crippen molar-refractivity contribution in [2.75, 3.05) is 19.7 Å². The minimum Gasteiger partial charge on any atom is -0.396 e. The first-order chi connectivity index (χ1) is 12.9. The van der Waals surface area contributed by atoms with Gasteiger partial charge in [0, 0.05) is 25.1 Å². The van der Waals surface area contributed by atoms with Crippen LogP contribution in [0.3, 0.4) is 0 Å². The van der Waals surface area contributed by atoms with Crippen molar-refractivity contribution in [2.45, 2.75) is 25.7 Å². The lowest BCUT2D eigenvalue weighted by atomic mass is 10.1. The van der Waals surface area contributed by atoms with Crippen LogP contribution in [0.25, 0.3) is 21.9 Å². The van der Waals surface area contributed by atoms with Crippen molar-refractivity contribution in [3.8, 4) is 0 Å². The molecule has 5 nitrogen and oxygen atoms in total. The van der Waals surface area contributed by atoms with E-state index in [9.17, 15) is 18.3 Å². The van der Waals surface area contributed by atoms with Crippen LogP contribution in [0.2, 0.25) is 5.15 Å². The average molecular weight is 399 g/mol. The Morgan fingerprint density at radius 3 is 2.78 bits per heavy atom. The van der Waals surface area contributed by atoms with Crippen LogP contribution < -0.4 is 0 Å². The van der Waals surface area contributed by atoms with Crippen LogP contribution in [0.4, 0.5) is 13.2 Å². The second-order valence-corrected chi connectivity index (χ2v) is 7.34. The molecule has 1 N–H and O–H groups in total. The second kappa shape index (κ2) is 6.92. The van der Waals surface area contributed by atoms with E-state index in [0.717, 1.165) is 29.6 Å². The topological polar surface area (TPSA) is 54.2 Å². The summed E-state index contributed by atoms with van der Waals surface area (Å²) in [6, 6.07) is 5.40. The third-order valence-electron chi connectivity index (χ3n) is 5.03. The normalized spacial score (nSPS) is 18.8. The highest BCUT2D eigenvalue weighted by Gasteiger charge is 2.31. The van der Waals surface area contributed by atoms with Gasteiger partial charge in [-0.3, -0.25) is 4.90 Å². The molecule has 4 rings (SSSR count). The summed E-state index contributed by atoms with van der Waals surface area (Å²) in [5.41, 5.74) is 2.04. The van der Waals surface area contributed by atoms with E-state index in [0.29, 0.717) is 23.0 Å². The van der Waals surface area contributed by atoms with Gasteiger partial charge in [0.25, 0.3) is 0 Å². The quantitative estimate of drug-likeness (QED) is 0.682. The number of benzene rings is 1. The summed E-state index contributed by atoms with van der Waals surface area (Å²) in [6.45, 7) is 1.42. The Kier molecular flexibility index (Phi) is 4.73. The molecular formula is C18H18ClF3N4O. The molecule has 1 saturated heterocycles. The van der Waals surface area contributed by atoms with Crippen molar-refractivity contribution >= 4 is 33.5 Å². The van der Waals surface area contributed by atoms with E-state index in [1.54, 1.807) is 6.07 Å². The highest BCUT2D eigenvalue weighted by Crippen LogP contribution is 2.34. The minimum absolute atomic E-state index is 0.00679. The van der Waals surface area contributed by atoms with Crippen LogP contribution >= 0.6 is 11.6 Å². The largest absolute Gasteiger partial charge is 0.406 e. The molecule has 0 unspecified atom stereocenters. The SMILES string of the molecule is OC[C@@H]1CCN(Cc2ccc3c(c2)c2ncnc(Cl)c2n3CC(F)(F)F)C1. The van der Waals surface area contributed by atoms with Gasteiger partial charge >= 0.3 is 6.18 Å². The third kappa shape index (κ3) is 3.61. The fourth-order valence-electron chi connectivity index (χ4n) is 3.83. The van der Waals surface area contributed by atoms with Crippen LogP contribution in [0.5, 0.6) is 0 Å². The van der Waals surface area contributed by atoms with Crippen LogP contribution in [-0.4, -0.2) is 50.4 Å². The maximum Gasteiger partial charge on any atom is 0.406 e. The summed E-state index contributed by atoms with van der Waals surface area (Å²) < 4.78 is 40.4. The number of fused-ring (bicyclic) bond motifs is 3. The lowest BCUT2D eigenvalue weighted by molar-refractivity contribution is -0.139. The zero-order chi connectivity index (χ0) is 19.2. The Morgan fingerprint density at radius 2 is 2.07 bits per heavy atom. The standard InChI is InChI=1S/C18H18ClF3N4O/c19-17-16-15(23-10-24-17)13-5-11(6-25-4-3-12(7-25)8-27)1-2-14(13)26(16)9-18(20,21)22/h1-2,5,10,12,27H,3-4,6-9H2/t12-/m1/s1. The van der Waals surface area contributed by atoms with Gasteiger partial charge in [0.05, 0.1) is 5.52 Å². The molecule has 0 saturated carbocycles. The number of nitrogens with zero attached hydrogens (tertiary/aromatic N) is 4. The van der Waals surface area contributed by atoms with Gasteiger partial charge in [-0.15, -0.1) is 0 Å². The molecule has 0 radical (unpaired) electrons. The molecule has 2 aromatic heterocycles. The molecule has 27 heavy (non-hydrogen) atoms. The smallest absolute Gasteiger partial charge is 0.396 e. The van der Waals surface area contributed by atoms with Gasteiger partial charge in [-0.05, 0) is 36.6 Å². The van der Waals surface area contributed by atoms with Crippen molar-refractivity contribution < 1.29 is 18.3 Å². The van der Waals surface area contributed by atoms with Crippen LogP contribution in [-0.2, 0) is 13.1 Å². The number of likely N-dealkylation sites (tertiary alicyclic amines) is 1. The fraction of sp³-hybridized carbons (Fsp3) is 0.444. The van der Waals surface area contributed by atoms with Gasteiger partial charge in [-0.25, -0.2) is 9.97 Å².